The van der Waals surface area contributed by atoms with E-state index in [0.29, 0.717) is 17.9 Å². The van der Waals surface area contributed by atoms with Crippen LogP contribution >= 0.6 is 0 Å². The predicted octanol–water partition coefficient (Wildman–Crippen LogP) is 5.36. The van der Waals surface area contributed by atoms with Gasteiger partial charge in [0.05, 0.1) is 0 Å². The average Bonchev–Trinajstić information content (AvgIpc) is 3.35. The Morgan fingerprint density at radius 1 is 1.06 bits per heavy atom. The molecule has 1 fully saturated rings. The molecule has 0 radical (unpaired) electrons. The van der Waals surface area contributed by atoms with E-state index in [1.54, 1.807) is 6.07 Å². The normalized spacial score (nSPS) is 16.1. The van der Waals surface area contributed by atoms with Gasteiger partial charge < -0.3 is 10.6 Å². The van der Waals surface area contributed by atoms with Gasteiger partial charge >= 0.3 is 0 Å². The van der Waals surface area contributed by atoms with Crippen LogP contribution in [-0.2, 0) is 0 Å². The maximum Gasteiger partial charge on any atom is 0.257 e. The van der Waals surface area contributed by atoms with Gasteiger partial charge in [-0.3, -0.25) is 19.9 Å². The quantitative estimate of drug-likeness (QED) is 0.477. The molecule has 0 atom stereocenters. The number of hydrogen-bond donors (Lipinski definition) is 3. The van der Waals surface area contributed by atoms with Crippen LogP contribution in [0.5, 0.6) is 0 Å². The van der Waals surface area contributed by atoms with E-state index in [9.17, 15) is 9.59 Å². The molecule has 3 N–H and O–H groups in total. The molecule has 1 aliphatic heterocycles. The summed E-state index contributed by atoms with van der Waals surface area (Å²) in [7, 11) is 0. The lowest BCUT2D eigenvalue weighted by Crippen LogP contribution is -2.43. The van der Waals surface area contributed by atoms with Crippen molar-refractivity contribution in [3.8, 4) is 0 Å². The summed E-state index contributed by atoms with van der Waals surface area (Å²) in [6.45, 7) is 3.52. The second-order valence-corrected chi connectivity index (χ2v) is 9.17. The largest absolute Gasteiger partial charge is 0.356 e. The fourth-order valence-corrected chi connectivity index (χ4v) is 4.66. The Hall–Kier alpha value is -3.15. The number of aliphatic imine (C=N–C) groups is 1. The van der Waals surface area contributed by atoms with E-state index in [2.05, 4.69) is 20.9 Å². The zero-order valence-electron chi connectivity index (χ0n) is 19.5. The SMILES string of the molecule is Cc1cc(C(=O)NC2=NCCCN2)ccc1Nc1cccc(C(=O)CCCC2CCCC2)c1. The third-order valence-corrected chi connectivity index (χ3v) is 6.57. The lowest BCUT2D eigenvalue weighted by Gasteiger charge is -2.16. The maximum absolute atomic E-state index is 12.7. The summed E-state index contributed by atoms with van der Waals surface area (Å²) in [5.41, 5.74) is 4.07. The van der Waals surface area contributed by atoms with Gasteiger partial charge in [-0.25, -0.2) is 0 Å². The first-order valence-corrected chi connectivity index (χ1v) is 12.2. The Balaban J connectivity index is 1.34. The van der Waals surface area contributed by atoms with E-state index in [1.807, 2.05) is 43.3 Å². The number of nitrogens with zero attached hydrogens (tertiary/aromatic N) is 1. The van der Waals surface area contributed by atoms with Crippen molar-refractivity contribution in [1.29, 1.82) is 0 Å². The molecule has 0 saturated heterocycles. The molecular formula is C27H34N4O2. The number of guanidine groups is 1. The van der Waals surface area contributed by atoms with Gasteiger partial charge in [0.2, 0.25) is 0 Å². The van der Waals surface area contributed by atoms with E-state index in [0.717, 1.165) is 54.4 Å². The number of ketones is 1. The molecule has 1 saturated carbocycles. The number of nitrogens with one attached hydrogen (secondary N) is 3. The highest BCUT2D eigenvalue weighted by Crippen LogP contribution is 2.29. The summed E-state index contributed by atoms with van der Waals surface area (Å²) in [6.07, 6.45) is 9.11. The third kappa shape index (κ3) is 6.44. The van der Waals surface area contributed by atoms with E-state index in [1.165, 1.54) is 32.1 Å². The molecule has 0 unspecified atom stereocenters. The number of hydrogen-bond acceptors (Lipinski definition) is 5. The minimum atomic E-state index is -0.178. The predicted molar refractivity (Wildman–Crippen MR) is 133 cm³/mol. The Bertz CT molecular complexity index is 1020. The van der Waals surface area contributed by atoms with E-state index < -0.39 is 0 Å². The van der Waals surface area contributed by atoms with E-state index >= 15 is 0 Å². The van der Waals surface area contributed by atoms with Crippen molar-refractivity contribution < 1.29 is 9.59 Å². The van der Waals surface area contributed by atoms with Crippen LogP contribution < -0.4 is 16.0 Å². The first kappa shape index (κ1) is 23.0. The summed E-state index contributed by atoms with van der Waals surface area (Å²) in [5, 5.41) is 9.32. The third-order valence-electron chi connectivity index (χ3n) is 6.57. The van der Waals surface area contributed by atoms with Crippen LogP contribution in [0.1, 0.15) is 77.6 Å². The second kappa shape index (κ2) is 11.1. The van der Waals surface area contributed by atoms with Gasteiger partial charge in [0, 0.05) is 42.0 Å². The van der Waals surface area contributed by atoms with Crippen molar-refractivity contribution in [3.63, 3.8) is 0 Å². The summed E-state index contributed by atoms with van der Waals surface area (Å²) in [6, 6.07) is 13.3. The van der Waals surface area contributed by atoms with Crippen molar-refractivity contribution in [2.75, 3.05) is 18.4 Å². The first-order valence-electron chi connectivity index (χ1n) is 12.2. The Morgan fingerprint density at radius 2 is 1.91 bits per heavy atom. The molecule has 0 spiro atoms. The topological polar surface area (TPSA) is 82.6 Å². The smallest absolute Gasteiger partial charge is 0.257 e. The molecule has 1 heterocycles. The Morgan fingerprint density at radius 3 is 2.67 bits per heavy atom. The fraction of sp³-hybridized carbons (Fsp3) is 0.444. The van der Waals surface area contributed by atoms with Crippen LogP contribution in [-0.4, -0.2) is 30.7 Å². The van der Waals surface area contributed by atoms with Gasteiger partial charge in [-0.15, -0.1) is 0 Å². The number of Topliss-reactive ketones (excluding diaryl/α,β-unsaturated/α-hetero) is 1. The van der Waals surface area contributed by atoms with Crippen molar-refractivity contribution >= 4 is 29.0 Å². The van der Waals surface area contributed by atoms with Crippen LogP contribution in [0, 0.1) is 12.8 Å². The summed E-state index contributed by atoms with van der Waals surface area (Å²) in [5.74, 6) is 1.39. The number of carbonyl (C=O) groups is 2. The highest BCUT2D eigenvalue weighted by atomic mass is 16.2. The van der Waals surface area contributed by atoms with Gasteiger partial charge in [-0.2, -0.15) is 0 Å². The standard InChI is InChI=1S/C27H34N4O2/c1-19-17-22(26(33)31-27-28-15-6-16-29-27)13-14-24(19)30-23-11-5-10-21(18-23)25(32)12-4-9-20-7-2-3-8-20/h5,10-11,13-14,17-18,20,30H,2-4,6-9,12,15-16H2,1H3,(H2,28,29,31,33). The molecular weight excluding hydrogens is 412 g/mol. The van der Waals surface area contributed by atoms with Gasteiger partial charge in [0.25, 0.3) is 5.91 Å². The minimum Gasteiger partial charge on any atom is -0.356 e. The first-order chi connectivity index (χ1) is 16.1. The Labute approximate surface area is 196 Å². The molecule has 33 heavy (non-hydrogen) atoms. The number of amides is 1. The van der Waals surface area contributed by atoms with Gasteiger partial charge in [0.1, 0.15) is 0 Å². The second-order valence-electron chi connectivity index (χ2n) is 9.17. The number of carbonyl (C=O) groups excluding carboxylic acids is 2. The van der Waals surface area contributed by atoms with Crippen LogP contribution in [0.4, 0.5) is 11.4 Å². The van der Waals surface area contributed by atoms with E-state index in [-0.39, 0.29) is 11.7 Å². The summed E-state index contributed by atoms with van der Waals surface area (Å²) in [4.78, 5) is 29.5. The molecule has 2 aromatic carbocycles. The minimum absolute atomic E-state index is 0.178. The van der Waals surface area contributed by atoms with Gasteiger partial charge in [-0.05, 0) is 61.6 Å². The summed E-state index contributed by atoms with van der Waals surface area (Å²) < 4.78 is 0. The van der Waals surface area contributed by atoms with Crippen LogP contribution in [0.15, 0.2) is 47.5 Å². The number of rotatable bonds is 8. The molecule has 174 valence electrons. The van der Waals surface area contributed by atoms with E-state index in [4.69, 9.17) is 0 Å². The molecule has 2 aliphatic rings. The molecule has 6 nitrogen and oxygen atoms in total. The number of benzene rings is 2. The molecule has 2 aromatic rings. The zero-order chi connectivity index (χ0) is 23.0. The lowest BCUT2D eigenvalue weighted by atomic mass is 9.97. The van der Waals surface area contributed by atoms with Crippen molar-refractivity contribution in [3.05, 3.63) is 59.2 Å². The molecule has 1 aliphatic carbocycles. The number of anilines is 2. The summed E-state index contributed by atoms with van der Waals surface area (Å²) >= 11 is 0. The van der Waals surface area contributed by atoms with Crippen molar-refractivity contribution in [2.24, 2.45) is 10.9 Å². The zero-order valence-corrected chi connectivity index (χ0v) is 19.5. The maximum atomic E-state index is 12.7. The molecule has 0 bridgehead atoms. The van der Waals surface area contributed by atoms with Crippen molar-refractivity contribution in [1.82, 2.24) is 10.6 Å². The van der Waals surface area contributed by atoms with Crippen LogP contribution in [0.2, 0.25) is 0 Å². The molecule has 1 amide bonds. The monoisotopic (exact) mass is 446 g/mol. The number of aryl methyl sites for hydroxylation is 1. The highest BCUT2D eigenvalue weighted by Gasteiger charge is 2.16. The average molecular weight is 447 g/mol. The van der Waals surface area contributed by atoms with Crippen LogP contribution in [0.25, 0.3) is 0 Å². The van der Waals surface area contributed by atoms with Crippen molar-refractivity contribution in [2.45, 2.75) is 58.3 Å². The Kier molecular flexibility index (Phi) is 7.76. The van der Waals surface area contributed by atoms with Gasteiger partial charge in [-0.1, -0.05) is 44.2 Å². The lowest BCUT2D eigenvalue weighted by molar-refractivity contribution is 0.0968. The van der Waals surface area contributed by atoms with Gasteiger partial charge in [0.15, 0.2) is 11.7 Å². The fourth-order valence-electron chi connectivity index (χ4n) is 4.66. The molecule has 6 heteroatoms. The molecule has 0 aromatic heterocycles. The highest BCUT2D eigenvalue weighted by molar-refractivity contribution is 6.06. The van der Waals surface area contributed by atoms with Crippen LogP contribution in [0.3, 0.4) is 0 Å². The molecule has 4 rings (SSSR count).